The Kier molecular flexibility index (Phi) is 4.57. The molecule has 2 rings (SSSR count). The Balaban J connectivity index is 2.02. The number of rotatable bonds is 3. The van der Waals surface area contributed by atoms with Gasteiger partial charge >= 0.3 is 12.0 Å². The lowest BCUT2D eigenvalue weighted by atomic mass is 10.1. The van der Waals surface area contributed by atoms with Crippen molar-refractivity contribution in [3.8, 4) is 0 Å². The van der Waals surface area contributed by atoms with E-state index < -0.39 is 5.97 Å². The molecule has 1 aromatic rings. The van der Waals surface area contributed by atoms with E-state index in [1.54, 1.807) is 29.2 Å². The molecule has 1 aliphatic rings. The van der Waals surface area contributed by atoms with Gasteiger partial charge in [-0.05, 0) is 24.5 Å². The minimum atomic E-state index is -0.937. The zero-order chi connectivity index (χ0) is 14.5. The van der Waals surface area contributed by atoms with Crippen molar-refractivity contribution in [3.63, 3.8) is 0 Å². The van der Waals surface area contributed by atoms with Crippen LogP contribution in [0, 0.1) is 0 Å². The van der Waals surface area contributed by atoms with Gasteiger partial charge in [-0.25, -0.2) is 4.79 Å². The maximum Gasteiger partial charge on any atom is 0.321 e. The summed E-state index contributed by atoms with van der Waals surface area (Å²) in [4.78, 5) is 24.5. The van der Waals surface area contributed by atoms with Crippen LogP contribution < -0.4 is 5.32 Å². The van der Waals surface area contributed by atoms with E-state index in [1.165, 1.54) is 0 Å². The first kappa shape index (κ1) is 14.3. The van der Waals surface area contributed by atoms with Gasteiger partial charge in [0.25, 0.3) is 0 Å². The number of aliphatic hydroxyl groups excluding tert-OH is 1. The normalized spacial score (nSPS) is 15.9. The Morgan fingerprint density at radius 1 is 1.25 bits per heavy atom. The standard InChI is InChI=1S/C14H18N2O4/c17-11-5-7-16(8-6-11)14(20)15-12-4-2-1-3-10(12)9-13(18)19/h1-4,11,17H,5-9H2,(H,15,20)(H,18,19). The lowest BCUT2D eigenvalue weighted by Gasteiger charge is -2.29. The van der Waals surface area contributed by atoms with E-state index in [0.29, 0.717) is 37.2 Å². The van der Waals surface area contributed by atoms with Crippen molar-refractivity contribution < 1.29 is 19.8 Å². The summed E-state index contributed by atoms with van der Waals surface area (Å²) in [5.74, 6) is -0.937. The Hall–Kier alpha value is -2.08. The fourth-order valence-electron chi connectivity index (χ4n) is 2.22. The van der Waals surface area contributed by atoms with Gasteiger partial charge in [-0.15, -0.1) is 0 Å². The van der Waals surface area contributed by atoms with Gasteiger partial charge in [-0.1, -0.05) is 18.2 Å². The van der Waals surface area contributed by atoms with E-state index in [2.05, 4.69) is 5.32 Å². The number of carbonyl (C=O) groups is 2. The lowest BCUT2D eigenvalue weighted by Crippen LogP contribution is -2.42. The van der Waals surface area contributed by atoms with E-state index in [9.17, 15) is 14.7 Å². The second-order valence-electron chi connectivity index (χ2n) is 4.88. The molecule has 0 saturated carbocycles. The molecule has 6 heteroatoms. The predicted octanol–water partition coefficient (Wildman–Crippen LogP) is 1.30. The summed E-state index contributed by atoms with van der Waals surface area (Å²) in [6.45, 7) is 1.02. The Morgan fingerprint density at radius 2 is 1.90 bits per heavy atom. The molecule has 1 heterocycles. The first-order valence-electron chi connectivity index (χ1n) is 6.60. The van der Waals surface area contributed by atoms with Gasteiger partial charge in [-0.3, -0.25) is 4.79 Å². The Bertz CT molecular complexity index is 496. The Morgan fingerprint density at radius 3 is 2.55 bits per heavy atom. The van der Waals surface area contributed by atoms with Gasteiger partial charge in [0.1, 0.15) is 0 Å². The molecule has 108 valence electrons. The third-order valence-corrected chi connectivity index (χ3v) is 3.35. The van der Waals surface area contributed by atoms with Crippen LogP contribution >= 0.6 is 0 Å². The number of aliphatic hydroxyl groups is 1. The molecular formula is C14H18N2O4. The number of hydrogen-bond donors (Lipinski definition) is 3. The minimum Gasteiger partial charge on any atom is -0.481 e. The summed E-state index contributed by atoms with van der Waals surface area (Å²) in [6.07, 6.45) is 0.683. The number of para-hydroxylation sites is 1. The first-order valence-corrected chi connectivity index (χ1v) is 6.60. The van der Waals surface area contributed by atoms with Crippen molar-refractivity contribution >= 4 is 17.7 Å². The molecule has 1 fully saturated rings. The molecule has 1 saturated heterocycles. The fraction of sp³-hybridized carbons (Fsp3) is 0.429. The summed E-state index contributed by atoms with van der Waals surface area (Å²) in [5, 5.41) is 21.0. The molecule has 0 unspecified atom stereocenters. The topological polar surface area (TPSA) is 89.9 Å². The van der Waals surface area contributed by atoms with E-state index in [1.807, 2.05) is 0 Å². The zero-order valence-corrected chi connectivity index (χ0v) is 11.1. The van der Waals surface area contributed by atoms with Gasteiger partial charge in [-0.2, -0.15) is 0 Å². The highest BCUT2D eigenvalue weighted by atomic mass is 16.4. The third-order valence-electron chi connectivity index (χ3n) is 3.35. The van der Waals surface area contributed by atoms with Crippen molar-refractivity contribution in [1.29, 1.82) is 0 Å². The average Bonchev–Trinajstić information content (AvgIpc) is 2.41. The number of nitrogens with zero attached hydrogens (tertiary/aromatic N) is 1. The molecule has 1 aliphatic heterocycles. The number of amides is 2. The molecule has 1 aromatic carbocycles. The largest absolute Gasteiger partial charge is 0.481 e. The predicted molar refractivity (Wildman–Crippen MR) is 73.6 cm³/mol. The Labute approximate surface area is 117 Å². The summed E-state index contributed by atoms with van der Waals surface area (Å²) in [7, 11) is 0. The highest BCUT2D eigenvalue weighted by Crippen LogP contribution is 2.18. The van der Waals surface area contributed by atoms with Crippen LogP contribution in [0.4, 0.5) is 10.5 Å². The van der Waals surface area contributed by atoms with Crippen LogP contribution in [0.1, 0.15) is 18.4 Å². The summed E-state index contributed by atoms with van der Waals surface area (Å²) < 4.78 is 0. The van der Waals surface area contributed by atoms with Crippen molar-refractivity contribution in [3.05, 3.63) is 29.8 Å². The van der Waals surface area contributed by atoms with E-state index in [0.717, 1.165) is 0 Å². The highest BCUT2D eigenvalue weighted by molar-refractivity contribution is 5.91. The van der Waals surface area contributed by atoms with Crippen LogP contribution in [0.3, 0.4) is 0 Å². The molecule has 0 bridgehead atoms. The second kappa shape index (κ2) is 6.38. The number of carboxylic acid groups (broad SMARTS) is 1. The molecule has 0 atom stereocenters. The zero-order valence-electron chi connectivity index (χ0n) is 11.1. The number of urea groups is 1. The highest BCUT2D eigenvalue weighted by Gasteiger charge is 2.21. The molecule has 0 radical (unpaired) electrons. The van der Waals surface area contributed by atoms with Crippen molar-refractivity contribution in [1.82, 2.24) is 4.90 Å². The van der Waals surface area contributed by atoms with Crippen LogP contribution in [0.5, 0.6) is 0 Å². The van der Waals surface area contributed by atoms with Gasteiger partial charge < -0.3 is 20.4 Å². The van der Waals surface area contributed by atoms with Gasteiger partial charge in [0, 0.05) is 18.8 Å². The number of aliphatic carboxylic acids is 1. The number of carboxylic acids is 1. The third kappa shape index (κ3) is 3.71. The van der Waals surface area contributed by atoms with Crippen LogP contribution in [0.2, 0.25) is 0 Å². The SMILES string of the molecule is O=C(O)Cc1ccccc1NC(=O)N1CCC(O)CC1. The quantitative estimate of drug-likeness (QED) is 0.777. The number of benzene rings is 1. The summed E-state index contributed by atoms with van der Waals surface area (Å²) >= 11 is 0. The van der Waals surface area contributed by atoms with Crippen molar-refractivity contribution in [2.75, 3.05) is 18.4 Å². The van der Waals surface area contributed by atoms with Gasteiger partial charge in [0.2, 0.25) is 0 Å². The maximum atomic E-state index is 12.1. The van der Waals surface area contributed by atoms with E-state index >= 15 is 0 Å². The number of anilines is 1. The minimum absolute atomic E-state index is 0.130. The summed E-state index contributed by atoms with van der Waals surface area (Å²) in [6, 6.07) is 6.61. The molecule has 0 aliphatic carbocycles. The average molecular weight is 278 g/mol. The van der Waals surface area contributed by atoms with Crippen LogP contribution in [-0.2, 0) is 11.2 Å². The number of piperidine rings is 1. The number of carbonyl (C=O) groups excluding carboxylic acids is 1. The van der Waals surface area contributed by atoms with Crippen LogP contribution in [0.15, 0.2) is 24.3 Å². The maximum absolute atomic E-state index is 12.1. The molecule has 0 aromatic heterocycles. The number of hydrogen-bond acceptors (Lipinski definition) is 3. The van der Waals surface area contributed by atoms with Gasteiger partial charge in [0.15, 0.2) is 0 Å². The molecule has 3 N–H and O–H groups in total. The van der Waals surface area contributed by atoms with E-state index in [4.69, 9.17) is 5.11 Å². The van der Waals surface area contributed by atoms with Crippen molar-refractivity contribution in [2.45, 2.75) is 25.4 Å². The monoisotopic (exact) mass is 278 g/mol. The molecule has 2 amide bonds. The number of likely N-dealkylation sites (tertiary alicyclic amines) is 1. The molecule has 6 nitrogen and oxygen atoms in total. The van der Waals surface area contributed by atoms with Crippen LogP contribution in [0.25, 0.3) is 0 Å². The van der Waals surface area contributed by atoms with Gasteiger partial charge in [0.05, 0.1) is 12.5 Å². The van der Waals surface area contributed by atoms with Crippen molar-refractivity contribution in [2.24, 2.45) is 0 Å². The molecular weight excluding hydrogens is 260 g/mol. The molecule has 0 spiro atoms. The first-order chi connectivity index (χ1) is 9.56. The number of nitrogens with one attached hydrogen (secondary N) is 1. The van der Waals surface area contributed by atoms with Crippen LogP contribution in [-0.4, -0.2) is 46.3 Å². The van der Waals surface area contributed by atoms with E-state index in [-0.39, 0.29) is 18.6 Å². The fourth-order valence-corrected chi connectivity index (χ4v) is 2.22. The smallest absolute Gasteiger partial charge is 0.321 e. The summed E-state index contributed by atoms with van der Waals surface area (Å²) in [5.41, 5.74) is 1.09. The second-order valence-corrected chi connectivity index (χ2v) is 4.88. The molecule has 20 heavy (non-hydrogen) atoms. The lowest BCUT2D eigenvalue weighted by molar-refractivity contribution is -0.136.